The van der Waals surface area contributed by atoms with Gasteiger partial charge in [0.15, 0.2) is 11.0 Å². The predicted molar refractivity (Wildman–Crippen MR) is 113 cm³/mol. The number of carbonyl (C=O) groups excluding carboxylic acids is 1. The normalized spacial score (nSPS) is 11.2. The highest BCUT2D eigenvalue weighted by Gasteiger charge is 2.17. The number of aromatic nitrogens is 5. The summed E-state index contributed by atoms with van der Waals surface area (Å²) in [5.74, 6) is -0.306. The highest BCUT2D eigenvalue weighted by atomic mass is 32.1. The molecule has 4 aromatic rings. The number of carbonyl (C=O) groups is 1. The van der Waals surface area contributed by atoms with Crippen LogP contribution < -0.4 is 10.2 Å². The van der Waals surface area contributed by atoms with E-state index in [1.807, 2.05) is 6.07 Å². The van der Waals surface area contributed by atoms with Gasteiger partial charge in [-0.25, -0.2) is 9.37 Å². The van der Waals surface area contributed by atoms with Gasteiger partial charge < -0.3 is 10.2 Å². The molecule has 3 aromatic heterocycles. The maximum atomic E-state index is 14.2. The second-order valence-electron chi connectivity index (χ2n) is 6.21. The van der Waals surface area contributed by atoms with Gasteiger partial charge in [-0.15, -0.1) is 16.4 Å². The number of aryl methyl sites for hydroxylation is 1. The largest absolute Gasteiger partial charge is 0.349 e. The van der Waals surface area contributed by atoms with Crippen molar-refractivity contribution >= 4 is 48.9 Å². The molecule has 0 saturated heterocycles. The molecule has 8 nitrogen and oxygen atoms in total. The molecule has 0 fully saturated rings. The maximum absolute atomic E-state index is 14.2. The first-order valence-corrected chi connectivity index (χ1v) is 10.6. The first-order valence-electron chi connectivity index (χ1n) is 9.01. The molecule has 150 valence electrons. The summed E-state index contributed by atoms with van der Waals surface area (Å²) in [5, 5.41) is 14.8. The summed E-state index contributed by atoms with van der Waals surface area (Å²) >= 11 is 2.91. The molecule has 1 aromatic carbocycles. The van der Waals surface area contributed by atoms with Gasteiger partial charge in [-0.05, 0) is 55.5 Å². The summed E-state index contributed by atoms with van der Waals surface area (Å²) < 4.78 is 16.5. The molecule has 3 heterocycles. The summed E-state index contributed by atoms with van der Waals surface area (Å²) in [7, 11) is 0. The molecule has 0 bridgehead atoms. The number of halogens is 1. The van der Waals surface area contributed by atoms with E-state index in [0.717, 1.165) is 27.8 Å². The number of hydrogen-bond acceptors (Lipinski definition) is 8. The Hall–Kier alpha value is -2.92. The number of fused-ring (bicyclic) bond motifs is 1. The zero-order valence-corrected chi connectivity index (χ0v) is 17.6. The first-order chi connectivity index (χ1) is 14.0. The number of nitrogens with zero attached hydrogens (tertiary/aromatic N) is 6. The number of amides is 1. The minimum atomic E-state index is -0.483. The minimum Gasteiger partial charge on any atom is -0.349 e. The van der Waals surface area contributed by atoms with Crippen LogP contribution in [0.15, 0.2) is 24.3 Å². The summed E-state index contributed by atoms with van der Waals surface area (Å²) in [6.45, 7) is 7.62. The number of anilines is 2. The fourth-order valence-corrected chi connectivity index (χ4v) is 5.10. The van der Waals surface area contributed by atoms with Crippen molar-refractivity contribution in [3.63, 3.8) is 0 Å². The van der Waals surface area contributed by atoms with Gasteiger partial charge in [-0.2, -0.15) is 4.68 Å². The molecule has 11 heteroatoms. The molecular weight excluding hydrogens is 413 g/mol. The van der Waals surface area contributed by atoms with Crippen LogP contribution in [0.2, 0.25) is 0 Å². The van der Waals surface area contributed by atoms with Gasteiger partial charge >= 0.3 is 0 Å². The number of thiophene rings is 1. The molecular formula is C18H18FN7OS2. The maximum Gasteiger partial charge on any atom is 0.265 e. The zero-order valence-electron chi connectivity index (χ0n) is 16.0. The lowest BCUT2D eigenvalue weighted by Gasteiger charge is -2.16. The average molecular weight is 432 g/mol. The van der Waals surface area contributed by atoms with Gasteiger partial charge in [0.1, 0.15) is 16.3 Å². The lowest BCUT2D eigenvalue weighted by atomic mass is 10.2. The summed E-state index contributed by atoms with van der Waals surface area (Å²) in [6.07, 6.45) is 0. The number of benzene rings is 1. The number of thiazole rings is 1. The molecule has 0 aliphatic rings. The Kier molecular flexibility index (Phi) is 5.24. The fraction of sp³-hybridized carbons (Fsp3) is 0.278. The third-order valence-corrected chi connectivity index (χ3v) is 6.61. The number of nitrogens with one attached hydrogen (secondary N) is 1. The third kappa shape index (κ3) is 3.70. The predicted octanol–water partition coefficient (Wildman–Crippen LogP) is 3.88. The molecule has 1 amide bonds. The van der Waals surface area contributed by atoms with Crippen molar-refractivity contribution in [2.75, 3.05) is 23.3 Å². The van der Waals surface area contributed by atoms with E-state index in [2.05, 4.69) is 44.6 Å². The Morgan fingerprint density at radius 3 is 2.69 bits per heavy atom. The van der Waals surface area contributed by atoms with Crippen molar-refractivity contribution in [2.24, 2.45) is 0 Å². The Morgan fingerprint density at radius 2 is 2.03 bits per heavy atom. The van der Waals surface area contributed by atoms with Gasteiger partial charge in [-0.3, -0.25) is 4.79 Å². The number of hydrogen-bond donors (Lipinski definition) is 1. The Balaban J connectivity index is 1.56. The highest BCUT2D eigenvalue weighted by Crippen LogP contribution is 2.35. The van der Waals surface area contributed by atoms with Crippen molar-refractivity contribution < 1.29 is 9.18 Å². The number of rotatable bonds is 6. The monoisotopic (exact) mass is 431 g/mol. The number of tetrazole rings is 1. The third-order valence-electron chi connectivity index (χ3n) is 4.39. The van der Waals surface area contributed by atoms with E-state index < -0.39 is 5.82 Å². The van der Waals surface area contributed by atoms with Crippen molar-refractivity contribution in [1.82, 2.24) is 25.2 Å². The van der Waals surface area contributed by atoms with Gasteiger partial charge in [0.05, 0.1) is 9.58 Å². The SMILES string of the molecule is CCN(CC)c1nc2sc(C(=O)Nc3ccc(F)c(-n4nnnc4C)c3)cc2s1. The summed E-state index contributed by atoms with van der Waals surface area (Å²) in [4.78, 5) is 20.9. The van der Waals surface area contributed by atoms with Crippen molar-refractivity contribution in [3.8, 4) is 5.69 Å². The summed E-state index contributed by atoms with van der Waals surface area (Å²) in [6, 6.07) is 6.12. The second kappa shape index (κ2) is 7.84. The Bertz CT molecular complexity index is 1150. The van der Waals surface area contributed by atoms with Crippen molar-refractivity contribution in [1.29, 1.82) is 0 Å². The quantitative estimate of drug-likeness (QED) is 0.498. The molecule has 0 unspecified atom stereocenters. The molecule has 4 rings (SSSR count). The molecule has 0 aliphatic heterocycles. The van der Waals surface area contributed by atoms with E-state index in [9.17, 15) is 9.18 Å². The molecule has 0 atom stereocenters. The van der Waals surface area contributed by atoms with Crippen LogP contribution in [0.1, 0.15) is 29.3 Å². The van der Waals surface area contributed by atoms with E-state index >= 15 is 0 Å². The topological polar surface area (TPSA) is 88.8 Å². The minimum absolute atomic E-state index is 0.169. The molecule has 0 aliphatic carbocycles. The van der Waals surface area contributed by atoms with Crippen LogP contribution in [0.3, 0.4) is 0 Å². The van der Waals surface area contributed by atoms with Gasteiger partial charge in [0.25, 0.3) is 5.91 Å². The van der Waals surface area contributed by atoms with Gasteiger partial charge in [-0.1, -0.05) is 11.3 Å². The van der Waals surface area contributed by atoms with E-state index in [1.54, 1.807) is 18.3 Å². The summed E-state index contributed by atoms with van der Waals surface area (Å²) in [5.41, 5.74) is 0.623. The van der Waals surface area contributed by atoms with Crippen LogP contribution in [0.5, 0.6) is 0 Å². The Labute approximate surface area is 174 Å². The molecule has 0 spiro atoms. The Morgan fingerprint density at radius 1 is 1.24 bits per heavy atom. The van der Waals surface area contributed by atoms with Crippen LogP contribution >= 0.6 is 22.7 Å². The fourth-order valence-electron chi connectivity index (χ4n) is 2.86. The van der Waals surface area contributed by atoms with Crippen LogP contribution in [0.25, 0.3) is 15.2 Å². The molecule has 29 heavy (non-hydrogen) atoms. The highest BCUT2D eigenvalue weighted by molar-refractivity contribution is 7.29. The van der Waals surface area contributed by atoms with Gasteiger partial charge in [0.2, 0.25) is 0 Å². The molecule has 0 saturated carbocycles. The van der Waals surface area contributed by atoms with E-state index in [1.165, 1.54) is 34.2 Å². The molecule has 1 N–H and O–H groups in total. The second-order valence-corrected chi connectivity index (χ2v) is 8.25. The van der Waals surface area contributed by atoms with Crippen molar-refractivity contribution in [3.05, 3.63) is 40.8 Å². The lowest BCUT2D eigenvalue weighted by Crippen LogP contribution is -2.21. The smallest absolute Gasteiger partial charge is 0.265 e. The van der Waals surface area contributed by atoms with Crippen LogP contribution in [-0.2, 0) is 0 Å². The van der Waals surface area contributed by atoms with E-state index in [4.69, 9.17) is 0 Å². The van der Waals surface area contributed by atoms with Crippen molar-refractivity contribution in [2.45, 2.75) is 20.8 Å². The van der Waals surface area contributed by atoms with Crippen LogP contribution in [-0.4, -0.2) is 44.2 Å². The average Bonchev–Trinajstić information content (AvgIpc) is 3.39. The molecule has 0 radical (unpaired) electrons. The zero-order chi connectivity index (χ0) is 20.5. The first kappa shape index (κ1) is 19.4. The van der Waals surface area contributed by atoms with E-state index in [-0.39, 0.29) is 11.6 Å². The standard InChI is InChI=1S/C18H18FN7OS2/c1-4-25(5-2)18-21-17-15(29-18)9-14(28-17)16(27)20-11-6-7-12(19)13(8-11)26-10(3)22-23-24-26/h6-9H,4-5H2,1-3H3,(H,20,27). The van der Waals surface area contributed by atoms with Crippen LogP contribution in [0.4, 0.5) is 15.2 Å². The van der Waals surface area contributed by atoms with Gasteiger partial charge in [0, 0.05) is 18.8 Å². The van der Waals surface area contributed by atoms with E-state index in [0.29, 0.717) is 16.4 Å². The van der Waals surface area contributed by atoms with Crippen LogP contribution in [0, 0.1) is 12.7 Å². The lowest BCUT2D eigenvalue weighted by molar-refractivity contribution is 0.103.